The van der Waals surface area contributed by atoms with Crippen molar-refractivity contribution in [1.29, 1.82) is 0 Å². The highest BCUT2D eigenvalue weighted by Crippen LogP contribution is 2.43. The van der Waals surface area contributed by atoms with Gasteiger partial charge in [0.1, 0.15) is 0 Å². The molecule has 0 saturated carbocycles. The van der Waals surface area contributed by atoms with Crippen LogP contribution in [0.4, 0.5) is 0 Å². The van der Waals surface area contributed by atoms with Crippen LogP contribution in [0.5, 0.6) is 0 Å². The van der Waals surface area contributed by atoms with E-state index in [1.54, 1.807) is 0 Å². The highest BCUT2D eigenvalue weighted by molar-refractivity contribution is 5.91. The van der Waals surface area contributed by atoms with E-state index in [0.717, 1.165) is 32.1 Å². The van der Waals surface area contributed by atoms with Crippen molar-refractivity contribution in [3.63, 3.8) is 0 Å². The van der Waals surface area contributed by atoms with Crippen LogP contribution in [-0.4, -0.2) is 18.2 Å². The third kappa shape index (κ3) is 5.33. The summed E-state index contributed by atoms with van der Waals surface area (Å²) in [7, 11) is 0. The van der Waals surface area contributed by atoms with Gasteiger partial charge in [-0.25, -0.2) is 4.79 Å². The van der Waals surface area contributed by atoms with Gasteiger partial charge in [0.2, 0.25) is 0 Å². The average molecular weight is 360 g/mol. The van der Waals surface area contributed by atoms with E-state index < -0.39 is 12.3 Å². The van der Waals surface area contributed by atoms with Crippen molar-refractivity contribution in [2.75, 3.05) is 0 Å². The first kappa shape index (κ1) is 20.5. The van der Waals surface area contributed by atoms with Gasteiger partial charge in [0.25, 0.3) is 6.29 Å². The van der Waals surface area contributed by atoms with Gasteiger partial charge in [0.05, 0.1) is 5.92 Å². The molecule has 4 nitrogen and oxygen atoms in total. The van der Waals surface area contributed by atoms with Gasteiger partial charge in [0, 0.05) is 12.5 Å². The van der Waals surface area contributed by atoms with E-state index in [0.29, 0.717) is 11.5 Å². The summed E-state index contributed by atoms with van der Waals surface area (Å²) in [5.41, 5.74) is 3.35. The van der Waals surface area contributed by atoms with Crippen LogP contribution in [0.2, 0.25) is 0 Å². The normalized spacial score (nSPS) is 31.0. The Bertz CT molecular complexity index is 622. The van der Waals surface area contributed by atoms with E-state index in [1.165, 1.54) is 18.1 Å². The number of carbonyl (C=O) groups is 2. The number of rotatable bonds is 5. The molecule has 1 aliphatic carbocycles. The van der Waals surface area contributed by atoms with E-state index in [2.05, 4.69) is 39.8 Å². The van der Waals surface area contributed by atoms with Crippen LogP contribution in [-0.2, 0) is 19.1 Å². The van der Waals surface area contributed by atoms with Gasteiger partial charge in [0.15, 0.2) is 0 Å². The van der Waals surface area contributed by atoms with Crippen LogP contribution in [0.25, 0.3) is 0 Å². The molecule has 2 rings (SSSR count). The van der Waals surface area contributed by atoms with Gasteiger partial charge in [-0.1, -0.05) is 36.3 Å². The lowest BCUT2D eigenvalue weighted by Gasteiger charge is -2.31. The number of esters is 2. The van der Waals surface area contributed by atoms with Crippen LogP contribution >= 0.6 is 0 Å². The molecule has 0 aromatic heterocycles. The predicted molar refractivity (Wildman–Crippen MR) is 102 cm³/mol. The fourth-order valence-electron chi connectivity index (χ4n) is 3.99. The monoisotopic (exact) mass is 360 g/mol. The van der Waals surface area contributed by atoms with Crippen molar-refractivity contribution >= 4 is 11.9 Å². The summed E-state index contributed by atoms with van der Waals surface area (Å²) in [6, 6.07) is 0. The van der Waals surface area contributed by atoms with E-state index in [-0.39, 0.29) is 17.8 Å². The fraction of sp³-hybridized carbons (Fsp3) is 0.636. The molecule has 0 spiro atoms. The molecule has 26 heavy (non-hydrogen) atoms. The second-order valence-corrected chi connectivity index (χ2v) is 7.89. The van der Waals surface area contributed by atoms with Crippen LogP contribution in [0.15, 0.2) is 34.9 Å². The topological polar surface area (TPSA) is 52.6 Å². The van der Waals surface area contributed by atoms with Gasteiger partial charge < -0.3 is 9.47 Å². The minimum absolute atomic E-state index is 0.174. The second-order valence-electron chi connectivity index (χ2n) is 7.89. The molecule has 1 unspecified atom stereocenters. The number of carbonyl (C=O) groups excluding carboxylic acids is 2. The predicted octanol–water partition coefficient (Wildman–Crippen LogP) is 5.10. The highest BCUT2D eigenvalue weighted by atomic mass is 16.7. The Morgan fingerprint density at radius 3 is 2.73 bits per heavy atom. The first-order chi connectivity index (χ1) is 12.3. The lowest BCUT2D eigenvalue weighted by atomic mass is 9.74. The lowest BCUT2D eigenvalue weighted by Crippen LogP contribution is -2.32. The molecule has 0 bridgehead atoms. The molecule has 1 aliphatic heterocycles. The Hall–Kier alpha value is -1.84. The van der Waals surface area contributed by atoms with E-state index in [9.17, 15) is 9.59 Å². The molecule has 0 aromatic rings. The van der Waals surface area contributed by atoms with Crippen molar-refractivity contribution in [3.05, 3.63) is 34.9 Å². The largest absolute Gasteiger partial charge is 0.425 e. The molecule has 2 aliphatic rings. The second kappa shape index (κ2) is 9.20. The third-order valence-corrected chi connectivity index (χ3v) is 5.44. The van der Waals surface area contributed by atoms with E-state index in [1.807, 2.05) is 6.08 Å². The van der Waals surface area contributed by atoms with Crippen molar-refractivity contribution in [1.82, 2.24) is 0 Å². The zero-order chi connectivity index (χ0) is 19.3. The van der Waals surface area contributed by atoms with Gasteiger partial charge in [-0.15, -0.1) is 0 Å². The van der Waals surface area contributed by atoms with Gasteiger partial charge in [-0.05, 0) is 64.7 Å². The zero-order valence-electron chi connectivity index (χ0n) is 16.7. The van der Waals surface area contributed by atoms with Crippen LogP contribution < -0.4 is 0 Å². The van der Waals surface area contributed by atoms with Crippen LogP contribution in [0.3, 0.4) is 0 Å². The Balaban J connectivity index is 2.30. The highest BCUT2D eigenvalue weighted by Gasteiger charge is 2.47. The van der Waals surface area contributed by atoms with Crippen LogP contribution in [0.1, 0.15) is 66.7 Å². The molecular weight excluding hydrogens is 328 g/mol. The molecule has 1 heterocycles. The number of hydrogen-bond acceptors (Lipinski definition) is 4. The van der Waals surface area contributed by atoms with Crippen molar-refractivity contribution in [3.8, 4) is 0 Å². The zero-order valence-corrected chi connectivity index (χ0v) is 16.7. The van der Waals surface area contributed by atoms with Gasteiger partial charge in [-0.2, -0.15) is 0 Å². The summed E-state index contributed by atoms with van der Waals surface area (Å²) in [5, 5.41) is 0. The quantitative estimate of drug-likeness (QED) is 0.505. The van der Waals surface area contributed by atoms with Crippen molar-refractivity contribution in [2.45, 2.75) is 73.0 Å². The standard InChI is InChI=1S/C22H32O4/c1-14(2)8-6-10-16(4)18-13-12-15(3)9-7-11-19-20(18)22(25-17(5)23)26-21(19)24/h8-9,11,16,18,20,22H,6-7,10,12-13H2,1-5H3/b15-9+,19-11+/t16?,18-,20-,22-/m0/s1. The van der Waals surface area contributed by atoms with Crippen LogP contribution in [0, 0.1) is 17.8 Å². The summed E-state index contributed by atoms with van der Waals surface area (Å²) < 4.78 is 10.8. The summed E-state index contributed by atoms with van der Waals surface area (Å²) in [5.74, 6) is -0.279. The molecule has 4 heteroatoms. The molecule has 4 atom stereocenters. The number of allylic oxidation sites excluding steroid dienone is 5. The summed E-state index contributed by atoms with van der Waals surface area (Å²) in [6.45, 7) is 9.97. The molecule has 0 amide bonds. The van der Waals surface area contributed by atoms with E-state index >= 15 is 0 Å². The Kier molecular flexibility index (Phi) is 7.24. The molecule has 0 radical (unpaired) electrons. The minimum Gasteiger partial charge on any atom is -0.425 e. The molecular formula is C22H32O4. The smallest absolute Gasteiger partial charge is 0.337 e. The Labute approximate surface area is 157 Å². The minimum atomic E-state index is -0.791. The Morgan fingerprint density at radius 1 is 1.35 bits per heavy atom. The number of fused-ring (bicyclic) bond motifs is 1. The maximum Gasteiger partial charge on any atom is 0.337 e. The maximum atomic E-state index is 12.4. The van der Waals surface area contributed by atoms with Crippen molar-refractivity contribution < 1.29 is 19.1 Å². The van der Waals surface area contributed by atoms with E-state index in [4.69, 9.17) is 9.47 Å². The molecule has 0 N–H and O–H groups in total. The SMILES string of the molecule is CC(=O)O[C@H]1OC(=O)/C2=C/C/C=C(\C)CC[C@@H](C(C)CCC=C(C)C)[C@@H]21. The number of cyclic esters (lactones) is 1. The maximum absolute atomic E-state index is 12.4. The fourth-order valence-corrected chi connectivity index (χ4v) is 3.99. The van der Waals surface area contributed by atoms with Gasteiger partial charge in [-0.3, -0.25) is 4.79 Å². The molecule has 144 valence electrons. The molecule has 1 fully saturated rings. The summed E-state index contributed by atoms with van der Waals surface area (Å²) in [6.07, 6.45) is 10.3. The first-order valence-electron chi connectivity index (χ1n) is 9.66. The average Bonchev–Trinajstić information content (AvgIpc) is 2.86. The number of hydrogen-bond donors (Lipinski definition) is 0. The van der Waals surface area contributed by atoms with Gasteiger partial charge >= 0.3 is 11.9 Å². The first-order valence-corrected chi connectivity index (χ1v) is 9.66. The number of ether oxygens (including phenoxy) is 2. The molecule has 1 saturated heterocycles. The summed E-state index contributed by atoms with van der Waals surface area (Å²) in [4.78, 5) is 23.9. The molecule has 0 aromatic carbocycles. The van der Waals surface area contributed by atoms with Crippen molar-refractivity contribution in [2.24, 2.45) is 17.8 Å². The summed E-state index contributed by atoms with van der Waals surface area (Å²) >= 11 is 0. The Morgan fingerprint density at radius 2 is 2.08 bits per heavy atom. The third-order valence-electron chi connectivity index (χ3n) is 5.44. The lowest BCUT2D eigenvalue weighted by molar-refractivity contribution is -0.182.